The number of nitrogens with two attached hydrogens (primary N) is 1. The summed E-state index contributed by atoms with van der Waals surface area (Å²) in [5.74, 6) is 0.567. The van der Waals surface area contributed by atoms with E-state index in [2.05, 4.69) is 30.7 Å². The van der Waals surface area contributed by atoms with E-state index in [1.807, 2.05) is 6.07 Å². The lowest BCUT2D eigenvalue weighted by Crippen LogP contribution is -2.09. The molecule has 0 fully saturated rings. The Bertz CT molecular complexity index is 621. The minimum absolute atomic E-state index is 0.153. The van der Waals surface area contributed by atoms with Gasteiger partial charge in [-0.25, -0.2) is 4.98 Å². The Morgan fingerprint density at radius 1 is 1.33 bits per heavy atom. The van der Waals surface area contributed by atoms with Gasteiger partial charge in [0, 0.05) is 15.8 Å². The number of hydrogen-bond acceptors (Lipinski definition) is 4. The predicted octanol–water partition coefficient (Wildman–Crippen LogP) is 2.64. The van der Waals surface area contributed by atoms with Gasteiger partial charge >= 0.3 is 0 Å². The van der Waals surface area contributed by atoms with Crippen LogP contribution in [0.25, 0.3) is 10.9 Å². The maximum Gasteiger partial charge on any atom is 0.258 e. The van der Waals surface area contributed by atoms with Crippen molar-refractivity contribution < 1.29 is 0 Å². The predicted molar refractivity (Wildman–Crippen MR) is 76.9 cm³/mol. The summed E-state index contributed by atoms with van der Waals surface area (Å²) in [5.41, 5.74) is 7.17. The van der Waals surface area contributed by atoms with Gasteiger partial charge in [0.15, 0.2) is 0 Å². The number of hydrogen-bond donors (Lipinski definition) is 2. The Hall–Kier alpha value is -1.49. The third-order valence-electron chi connectivity index (χ3n) is 3.02. The molecule has 1 heterocycles. The van der Waals surface area contributed by atoms with Crippen LogP contribution in [0.5, 0.6) is 0 Å². The Morgan fingerprint density at radius 3 is 2.72 bits per heavy atom. The fraction of sp³-hybridized carbons (Fsp3) is 0.385. The second kappa shape index (κ2) is 5.02. The van der Waals surface area contributed by atoms with Gasteiger partial charge in [0.25, 0.3) is 5.56 Å². The molecule has 0 aliphatic carbocycles. The van der Waals surface area contributed by atoms with Gasteiger partial charge in [-0.05, 0) is 18.1 Å². The minimum Gasteiger partial charge on any atom is -0.398 e. The van der Waals surface area contributed by atoms with E-state index >= 15 is 0 Å². The van der Waals surface area contributed by atoms with E-state index in [9.17, 15) is 4.79 Å². The molecule has 0 aliphatic rings. The van der Waals surface area contributed by atoms with Gasteiger partial charge in [-0.3, -0.25) is 4.79 Å². The van der Waals surface area contributed by atoms with Crippen molar-refractivity contribution in [2.75, 3.05) is 5.73 Å². The van der Waals surface area contributed by atoms with E-state index in [1.165, 1.54) is 6.33 Å². The highest BCUT2D eigenvalue weighted by atomic mass is 32.2. The van der Waals surface area contributed by atoms with Crippen molar-refractivity contribution in [1.29, 1.82) is 0 Å². The highest BCUT2D eigenvalue weighted by molar-refractivity contribution is 8.00. The molecule has 1 atom stereocenters. The van der Waals surface area contributed by atoms with Crippen molar-refractivity contribution in [3.8, 4) is 0 Å². The fourth-order valence-corrected chi connectivity index (χ4v) is 2.60. The number of rotatable bonds is 3. The van der Waals surface area contributed by atoms with Crippen LogP contribution < -0.4 is 11.3 Å². The summed E-state index contributed by atoms with van der Waals surface area (Å²) >= 11 is 1.72. The molecule has 1 aromatic heterocycles. The van der Waals surface area contributed by atoms with Crippen molar-refractivity contribution in [3.05, 3.63) is 28.8 Å². The van der Waals surface area contributed by atoms with E-state index < -0.39 is 0 Å². The molecule has 5 heteroatoms. The highest BCUT2D eigenvalue weighted by Gasteiger charge is 2.12. The Labute approximate surface area is 110 Å². The molecule has 1 aromatic carbocycles. The zero-order chi connectivity index (χ0) is 13.3. The molecule has 0 aliphatic heterocycles. The monoisotopic (exact) mass is 263 g/mol. The second-order valence-corrected chi connectivity index (χ2v) is 6.12. The van der Waals surface area contributed by atoms with Gasteiger partial charge in [0.1, 0.15) is 0 Å². The third kappa shape index (κ3) is 2.51. The number of anilines is 1. The number of thioether (sulfide) groups is 1. The number of fused-ring (bicyclic) bond motifs is 1. The average Bonchev–Trinajstić information content (AvgIpc) is 2.31. The molecule has 0 spiro atoms. The summed E-state index contributed by atoms with van der Waals surface area (Å²) in [4.78, 5) is 19.3. The largest absolute Gasteiger partial charge is 0.398 e. The minimum atomic E-state index is -0.153. The second-order valence-electron chi connectivity index (χ2n) is 4.71. The first-order valence-electron chi connectivity index (χ1n) is 5.92. The molecule has 18 heavy (non-hydrogen) atoms. The van der Waals surface area contributed by atoms with Crippen molar-refractivity contribution in [3.63, 3.8) is 0 Å². The van der Waals surface area contributed by atoms with Crippen molar-refractivity contribution >= 4 is 28.4 Å². The van der Waals surface area contributed by atoms with Crippen LogP contribution >= 0.6 is 11.8 Å². The first-order valence-corrected chi connectivity index (χ1v) is 6.80. The third-order valence-corrected chi connectivity index (χ3v) is 4.55. The van der Waals surface area contributed by atoms with E-state index in [1.54, 1.807) is 17.8 Å². The molecule has 4 nitrogen and oxygen atoms in total. The molecule has 0 amide bonds. The number of nitrogens with zero attached hydrogens (tertiary/aromatic N) is 1. The van der Waals surface area contributed by atoms with Crippen LogP contribution in [0.1, 0.15) is 20.8 Å². The normalized spacial score (nSPS) is 13.1. The quantitative estimate of drug-likeness (QED) is 0.659. The standard InChI is InChI=1S/C13H17N3OS/c1-7(2)8(3)18-12-5-11-9(4-10(12)14)13(17)16-6-15-11/h4-8H,14H2,1-3H3,(H,15,16,17). The molecule has 0 saturated heterocycles. The summed E-state index contributed by atoms with van der Waals surface area (Å²) < 4.78 is 0. The zero-order valence-electron chi connectivity index (χ0n) is 10.7. The van der Waals surface area contributed by atoms with E-state index in [4.69, 9.17) is 5.73 Å². The van der Waals surface area contributed by atoms with E-state index in [-0.39, 0.29) is 5.56 Å². The smallest absolute Gasteiger partial charge is 0.258 e. The molecule has 0 saturated carbocycles. The van der Waals surface area contributed by atoms with Gasteiger partial charge in [-0.15, -0.1) is 11.8 Å². The molecule has 2 rings (SSSR count). The van der Waals surface area contributed by atoms with Crippen LogP contribution in [-0.2, 0) is 0 Å². The molecule has 2 aromatic rings. The number of H-pyrrole nitrogens is 1. The van der Waals surface area contributed by atoms with Crippen molar-refractivity contribution in [2.45, 2.75) is 30.9 Å². The Morgan fingerprint density at radius 2 is 2.06 bits per heavy atom. The molecule has 0 bridgehead atoms. The number of aromatic amines is 1. The van der Waals surface area contributed by atoms with Crippen LogP contribution in [0.3, 0.4) is 0 Å². The van der Waals surface area contributed by atoms with Gasteiger partial charge < -0.3 is 10.7 Å². The number of nitrogen functional groups attached to an aromatic ring is 1. The zero-order valence-corrected chi connectivity index (χ0v) is 11.5. The van der Waals surface area contributed by atoms with Crippen LogP contribution in [0.2, 0.25) is 0 Å². The van der Waals surface area contributed by atoms with Gasteiger partial charge in [0.2, 0.25) is 0 Å². The number of nitrogens with one attached hydrogen (secondary N) is 1. The van der Waals surface area contributed by atoms with Gasteiger partial charge in [-0.1, -0.05) is 20.8 Å². The maximum atomic E-state index is 11.6. The molecule has 0 radical (unpaired) electrons. The van der Waals surface area contributed by atoms with Crippen molar-refractivity contribution in [2.24, 2.45) is 5.92 Å². The summed E-state index contributed by atoms with van der Waals surface area (Å²) in [7, 11) is 0. The van der Waals surface area contributed by atoms with Crippen LogP contribution in [0, 0.1) is 5.92 Å². The Balaban J connectivity index is 2.47. The number of aromatic nitrogens is 2. The maximum absolute atomic E-state index is 11.6. The molecule has 96 valence electrons. The van der Waals surface area contributed by atoms with Crippen LogP contribution in [0.15, 0.2) is 28.2 Å². The van der Waals surface area contributed by atoms with Crippen LogP contribution in [0.4, 0.5) is 5.69 Å². The summed E-state index contributed by atoms with van der Waals surface area (Å²) in [6, 6.07) is 3.60. The lowest BCUT2D eigenvalue weighted by Gasteiger charge is -2.16. The van der Waals surface area contributed by atoms with E-state index in [0.717, 1.165) is 4.90 Å². The lowest BCUT2D eigenvalue weighted by atomic mass is 10.2. The average molecular weight is 263 g/mol. The van der Waals surface area contributed by atoms with Gasteiger partial charge in [-0.2, -0.15) is 0 Å². The summed E-state index contributed by atoms with van der Waals surface area (Å²) in [6.45, 7) is 6.53. The molecule has 3 N–H and O–H groups in total. The number of benzene rings is 1. The van der Waals surface area contributed by atoms with Gasteiger partial charge in [0.05, 0.1) is 17.2 Å². The topological polar surface area (TPSA) is 71.8 Å². The van der Waals surface area contributed by atoms with Crippen molar-refractivity contribution in [1.82, 2.24) is 9.97 Å². The lowest BCUT2D eigenvalue weighted by molar-refractivity contribution is 0.642. The SMILES string of the molecule is CC(C)C(C)Sc1cc2nc[nH]c(=O)c2cc1N. The molecule has 1 unspecified atom stereocenters. The van der Waals surface area contributed by atoms with E-state index in [0.29, 0.717) is 27.8 Å². The highest BCUT2D eigenvalue weighted by Crippen LogP contribution is 2.33. The Kier molecular flexibility index (Phi) is 3.61. The van der Waals surface area contributed by atoms with Crippen LogP contribution in [-0.4, -0.2) is 15.2 Å². The molecular formula is C13H17N3OS. The fourth-order valence-electron chi connectivity index (χ4n) is 1.55. The first kappa shape index (κ1) is 13.0. The summed E-state index contributed by atoms with van der Waals surface area (Å²) in [5, 5.41) is 1.00. The first-order chi connectivity index (χ1) is 8.49. The summed E-state index contributed by atoms with van der Waals surface area (Å²) in [6.07, 6.45) is 1.42. The molecular weight excluding hydrogens is 246 g/mol.